The lowest BCUT2D eigenvalue weighted by molar-refractivity contribution is -0.384. The minimum Gasteiger partial charge on any atom is -0.343 e. The summed E-state index contributed by atoms with van der Waals surface area (Å²) < 4.78 is 0. The summed E-state index contributed by atoms with van der Waals surface area (Å²) in [5.41, 5.74) is -0.260. The molecule has 3 amide bonds. The van der Waals surface area contributed by atoms with Crippen LogP contribution in [0.1, 0.15) is 20.7 Å². The average molecular weight is 485 g/mol. The van der Waals surface area contributed by atoms with E-state index >= 15 is 0 Å². The number of thiophene rings is 1. The van der Waals surface area contributed by atoms with Gasteiger partial charge in [0, 0.05) is 38.3 Å². The second-order valence-corrected chi connectivity index (χ2v) is 9.32. The molecule has 0 unspecified atom stereocenters. The maximum atomic E-state index is 12.8. The molecule has 33 heavy (non-hydrogen) atoms. The lowest BCUT2D eigenvalue weighted by Gasteiger charge is -2.34. The zero-order chi connectivity index (χ0) is 23.1. The molecule has 2 aromatic heterocycles. The minimum absolute atomic E-state index is 0.0513. The van der Waals surface area contributed by atoms with Gasteiger partial charge in [-0.05, 0) is 17.5 Å². The minimum atomic E-state index is -0.694. The van der Waals surface area contributed by atoms with Crippen LogP contribution >= 0.6 is 22.7 Å². The topological polar surface area (TPSA) is 130 Å². The number of benzene rings is 1. The predicted molar refractivity (Wildman–Crippen MR) is 120 cm³/mol. The van der Waals surface area contributed by atoms with Crippen LogP contribution in [0.5, 0.6) is 0 Å². The number of hydrogen-bond acceptors (Lipinski definition) is 10. The number of imide groups is 1. The van der Waals surface area contributed by atoms with Crippen molar-refractivity contribution in [1.82, 2.24) is 20.0 Å². The smallest absolute Gasteiger partial charge is 0.270 e. The Morgan fingerprint density at radius 3 is 2.52 bits per heavy atom. The fourth-order valence-electron chi connectivity index (χ4n) is 3.76. The molecule has 168 valence electrons. The van der Waals surface area contributed by atoms with Crippen molar-refractivity contribution in [3.05, 3.63) is 57.0 Å². The number of amides is 3. The van der Waals surface area contributed by atoms with Gasteiger partial charge in [-0.25, -0.2) is 0 Å². The van der Waals surface area contributed by atoms with Crippen molar-refractivity contribution in [3.8, 4) is 9.88 Å². The zero-order valence-corrected chi connectivity index (χ0v) is 18.7. The van der Waals surface area contributed by atoms with E-state index in [1.54, 1.807) is 16.2 Å². The number of carbonyl (C=O) groups excluding carboxylic acids is 3. The van der Waals surface area contributed by atoms with Crippen molar-refractivity contribution in [2.24, 2.45) is 0 Å². The fraction of sp³-hybridized carbons (Fsp3) is 0.250. The van der Waals surface area contributed by atoms with E-state index in [1.807, 2.05) is 17.5 Å². The Morgan fingerprint density at radius 1 is 1.06 bits per heavy atom. The number of hydrogen-bond donors (Lipinski definition) is 0. The molecule has 0 aliphatic carbocycles. The molecule has 2 aliphatic heterocycles. The summed E-state index contributed by atoms with van der Waals surface area (Å²) in [5.74, 6) is -1.66. The number of non-ortho nitro benzene ring substituents is 1. The van der Waals surface area contributed by atoms with Crippen molar-refractivity contribution in [3.63, 3.8) is 0 Å². The van der Waals surface area contributed by atoms with Gasteiger partial charge in [-0.3, -0.25) is 29.4 Å². The lowest BCUT2D eigenvalue weighted by atomic mass is 10.1. The monoisotopic (exact) mass is 484 g/mol. The molecule has 1 fully saturated rings. The molecule has 4 heterocycles. The molecular formula is C20H16N6O5S2. The van der Waals surface area contributed by atoms with Crippen LogP contribution in [-0.4, -0.2) is 75.4 Å². The van der Waals surface area contributed by atoms with Crippen molar-refractivity contribution in [1.29, 1.82) is 0 Å². The Labute approximate surface area is 195 Å². The van der Waals surface area contributed by atoms with Crippen LogP contribution in [0.3, 0.4) is 0 Å². The van der Waals surface area contributed by atoms with Crippen LogP contribution in [0.4, 0.5) is 10.8 Å². The van der Waals surface area contributed by atoms with Gasteiger partial charge in [0.05, 0.1) is 20.9 Å². The molecule has 0 N–H and O–H groups in total. The van der Waals surface area contributed by atoms with Gasteiger partial charge in [0.2, 0.25) is 11.0 Å². The molecule has 2 aliphatic rings. The van der Waals surface area contributed by atoms with E-state index in [0.717, 1.165) is 26.0 Å². The highest BCUT2D eigenvalue weighted by Gasteiger charge is 2.39. The van der Waals surface area contributed by atoms with Crippen LogP contribution in [0.25, 0.3) is 9.88 Å². The molecule has 0 radical (unpaired) electrons. The number of nitrogens with zero attached hydrogens (tertiary/aromatic N) is 6. The first kappa shape index (κ1) is 21.2. The Morgan fingerprint density at radius 2 is 1.82 bits per heavy atom. The van der Waals surface area contributed by atoms with Crippen LogP contribution in [0.2, 0.25) is 0 Å². The molecule has 3 aromatic rings. The number of anilines is 1. The van der Waals surface area contributed by atoms with Gasteiger partial charge in [0.15, 0.2) is 5.01 Å². The number of rotatable bonds is 5. The first-order chi connectivity index (χ1) is 15.9. The summed E-state index contributed by atoms with van der Waals surface area (Å²) >= 11 is 3.09. The summed E-state index contributed by atoms with van der Waals surface area (Å²) in [7, 11) is 0. The van der Waals surface area contributed by atoms with Crippen molar-refractivity contribution >= 4 is 51.2 Å². The third-order valence-corrected chi connectivity index (χ3v) is 7.53. The molecule has 1 saturated heterocycles. The maximum absolute atomic E-state index is 12.8. The highest BCUT2D eigenvalue weighted by atomic mass is 32.1. The average Bonchev–Trinajstić information content (AvgIpc) is 3.57. The first-order valence-corrected chi connectivity index (χ1v) is 11.7. The highest BCUT2D eigenvalue weighted by molar-refractivity contribution is 7.22. The number of piperazine rings is 1. The van der Waals surface area contributed by atoms with E-state index in [4.69, 9.17) is 0 Å². The maximum Gasteiger partial charge on any atom is 0.270 e. The molecule has 0 atom stereocenters. The Hall–Kier alpha value is -3.71. The summed E-state index contributed by atoms with van der Waals surface area (Å²) in [6.07, 6.45) is 0. The van der Waals surface area contributed by atoms with Gasteiger partial charge < -0.3 is 9.80 Å². The van der Waals surface area contributed by atoms with Crippen LogP contribution < -0.4 is 4.90 Å². The normalized spacial score (nSPS) is 15.8. The van der Waals surface area contributed by atoms with E-state index in [2.05, 4.69) is 15.1 Å². The number of nitro benzene ring substituents is 1. The second-order valence-electron chi connectivity index (χ2n) is 7.42. The Kier molecular flexibility index (Phi) is 5.34. The third-order valence-electron chi connectivity index (χ3n) is 5.51. The highest BCUT2D eigenvalue weighted by Crippen LogP contribution is 2.32. The second kappa shape index (κ2) is 8.33. The van der Waals surface area contributed by atoms with Gasteiger partial charge in [0.25, 0.3) is 17.5 Å². The predicted octanol–water partition coefficient (Wildman–Crippen LogP) is 2.12. The molecule has 0 saturated carbocycles. The number of nitro groups is 1. The first-order valence-electron chi connectivity index (χ1n) is 9.97. The van der Waals surface area contributed by atoms with Crippen molar-refractivity contribution < 1.29 is 19.3 Å². The van der Waals surface area contributed by atoms with Gasteiger partial charge in [-0.1, -0.05) is 17.4 Å². The summed E-state index contributed by atoms with van der Waals surface area (Å²) in [5, 5.41) is 23.1. The molecule has 11 nitrogen and oxygen atoms in total. The quantitative estimate of drug-likeness (QED) is 0.306. The molecule has 0 spiro atoms. The zero-order valence-electron chi connectivity index (χ0n) is 17.0. The van der Waals surface area contributed by atoms with Crippen LogP contribution in [0, 0.1) is 10.1 Å². The lowest BCUT2D eigenvalue weighted by Crippen LogP contribution is -2.51. The van der Waals surface area contributed by atoms with E-state index in [-0.39, 0.29) is 22.7 Å². The van der Waals surface area contributed by atoms with Gasteiger partial charge in [-0.15, -0.1) is 21.5 Å². The standard InChI is InChI=1S/C20H16N6O5S2/c27-16(11-25-18(28)13-4-3-12(26(30)31)10-14(13)19(25)29)23-5-7-24(8-6-23)20-22-21-17(33-20)15-2-1-9-32-15/h1-4,9-10H,5-8,11H2. The van der Waals surface area contributed by atoms with E-state index in [9.17, 15) is 24.5 Å². The van der Waals surface area contributed by atoms with Gasteiger partial charge in [0.1, 0.15) is 6.54 Å². The molecule has 0 bridgehead atoms. The number of aromatic nitrogens is 2. The summed E-state index contributed by atoms with van der Waals surface area (Å²) in [6.45, 7) is 1.54. The number of carbonyl (C=O) groups is 3. The van der Waals surface area contributed by atoms with Crippen molar-refractivity contribution in [2.75, 3.05) is 37.6 Å². The molecule has 5 rings (SSSR count). The van der Waals surface area contributed by atoms with E-state index in [1.165, 1.54) is 23.5 Å². The van der Waals surface area contributed by atoms with Crippen molar-refractivity contribution in [2.45, 2.75) is 0 Å². The SMILES string of the molecule is O=C(CN1C(=O)c2ccc([N+](=O)[O-])cc2C1=O)N1CCN(c2nnc(-c3cccs3)s2)CC1. The largest absolute Gasteiger partial charge is 0.343 e. The Bertz CT molecular complexity index is 1270. The summed E-state index contributed by atoms with van der Waals surface area (Å²) in [4.78, 5) is 53.9. The van der Waals surface area contributed by atoms with Gasteiger partial charge in [-0.2, -0.15) is 0 Å². The van der Waals surface area contributed by atoms with Crippen LogP contribution in [-0.2, 0) is 4.79 Å². The number of fused-ring (bicyclic) bond motifs is 1. The molecule has 13 heteroatoms. The molecular weight excluding hydrogens is 468 g/mol. The van der Waals surface area contributed by atoms with E-state index < -0.39 is 23.3 Å². The van der Waals surface area contributed by atoms with Crippen LogP contribution in [0.15, 0.2) is 35.7 Å². The molecule has 1 aromatic carbocycles. The fourth-order valence-corrected chi connectivity index (χ4v) is 5.45. The summed E-state index contributed by atoms with van der Waals surface area (Å²) in [6, 6.07) is 7.45. The Balaban J connectivity index is 1.21. The van der Waals surface area contributed by atoms with Gasteiger partial charge >= 0.3 is 0 Å². The van der Waals surface area contributed by atoms with E-state index in [0.29, 0.717) is 26.2 Å². The third kappa shape index (κ3) is 3.85.